The van der Waals surface area contributed by atoms with Crippen molar-refractivity contribution < 1.29 is 14.0 Å². The van der Waals surface area contributed by atoms with Gasteiger partial charge in [0.05, 0.1) is 14.8 Å². The first kappa shape index (κ1) is 14.5. The van der Waals surface area contributed by atoms with E-state index in [0.29, 0.717) is 20.6 Å². The van der Waals surface area contributed by atoms with Gasteiger partial charge in [-0.25, -0.2) is 0 Å². The maximum Gasteiger partial charge on any atom is 0.290 e. The van der Waals surface area contributed by atoms with Gasteiger partial charge in [0.25, 0.3) is 11.1 Å². The summed E-state index contributed by atoms with van der Waals surface area (Å²) in [7, 11) is 0. The average Bonchev–Trinajstić information content (AvgIpc) is 3.18. The summed E-state index contributed by atoms with van der Waals surface area (Å²) >= 11 is 8.28. The van der Waals surface area contributed by atoms with E-state index in [4.69, 9.17) is 16.0 Å². The van der Waals surface area contributed by atoms with Crippen LogP contribution in [0.25, 0.3) is 27.5 Å². The normalized spacial score (nSPS) is 16.5. The average molecular weight is 363 g/mol. The van der Waals surface area contributed by atoms with Crippen LogP contribution in [-0.2, 0) is 4.79 Å². The first-order valence-electron chi connectivity index (χ1n) is 6.48. The first-order valence-corrected chi connectivity index (χ1v) is 8.49. The van der Waals surface area contributed by atoms with Crippen molar-refractivity contribution in [3.8, 4) is 10.4 Å². The number of thioether (sulfide) groups is 1. The van der Waals surface area contributed by atoms with Crippen LogP contribution in [0.4, 0.5) is 4.79 Å². The topological polar surface area (TPSA) is 72.2 Å². The van der Waals surface area contributed by atoms with Gasteiger partial charge in [0.1, 0.15) is 11.3 Å². The molecule has 2 amide bonds. The van der Waals surface area contributed by atoms with E-state index in [9.17, 15) is 9.59 Å². The number of aromatic nitrogens is 1. The largest absolute Gasteiger partial charge is 0.456 e. The van der Waals surface area contributed by atoms with E-state index in [1.807, 2.05) is 12.1 Å². The number of fused-ring (bicyclic) bond motifs is 1. The number of rotatable bonds is 2. The lowest BCUT2D eigenvalue weighted by Gasteiger charge is -1.97. The summed E-state index contributed by atoms with van der Waals surface area (Å²) in [5, 5.41) is 2.64. The Morgan fingerprint density at radius 1 is 1.26 bits per heavy atom. The lowest BCUT2D eigenvalue weighted by atomic mass is 10.2. The molecule has 3 aromatic heterocycles. The third-order valence-electron chi connectivity index (χ3n) is 3.20. The highest BCUT2D eigenvalue weighted by Gasteiger charge is 2.25. The number of amides is 2. The number of hydrogen-bond donors (Lipinski definition) is 1. The summed E-state index contributed by atoms with van der Waals surface area (Å²) in [5.41, 5.74) is 1.50. The van der Waals surface area contributed by atoms with Crippen molar-refractivity contribution in [1.29, 1.82) is 0 Å². The summed E-state index contributed by atoms with van der Waals surface area (Å²) in [6, 6.07) is 5.51. The maximum atomic E-state index is 11.6. The molecule has 4 heterocycles. The van der Waals surface area contributed by atoms with E-state index in [-0.39, 0.29) is 5.24 Å². The Labute approximate surface area is 143 Å². The minimum Gasteiger partial charge on any atom is -0.456 e. The second-order valence-corrected chi connectivity index (χ2v) is 7.44. The zero-order valence-corrected chi connectivity index (χ0v) is 13.7. The molecule has 0 atom stereocenters. The molecule has 0 bridgehead atoms. The number of furan rings is 1. The number of pyridine rings is 1. The monoisotopic (exact) mass is 362 g/mol. The number of nitrogens with one attached hydrogen (secondary N) is 1. The Morgan fingerprint density at radius 2 is 2.13 bits per heavy atom. The van der Waals surface area contributed by atoms with Crippen molar-refractivity contribution in [3.63, 3.8) is 0 Å². The molecular weight excluding hydrogens is 356 g/mol. The van der Waals surface area contributed by atoms with Crippen LogP contribution in [0.15, 0.2) is 39.9 Å². The molecule has 0 spiro atoms. The van der Waals surface area contributed by atoms with Crippen LogP contribution in [0.5, 0.6) is 0 Å². The van der Waals surface area contributed by atoms with E-state index >= 15 is 0 Å². The number of thiophene rings is 1. The fourth-order valence-corrected chi connectivity index (χ4v) is 3.95. The van der Waals surface area contributed by atoms with Gasteiger partial charge in [-0.3, -0.25) is 19.9 Å². The summed E-state index contributed by atoms with van der Waals surface area (Å²) in [5.74, 6) is 0.0769. The van der Waals surface area contributed by atoms with Gasteiger partial charge in [-0.15, -0.1) is 11.3 Å². The van der Waals surface area contributed by atoms with E-state index in [1.165, 1.54) is 11.3 Å². The number of halogens is 1. The molecule has 5 nitrogen and oxygen atoms in total. The van der Waals surface area contributed by atoms with Crippen LogP contribution in [-0.4, -0.2) is 16.1 Å². The zero-order chi connectivity index (χ0) is 16.0. The van der Waals surface area contributed by atoms with Crippen molar-refractivity contribution in [2.24, 2.45) is 0 Å². The molecule has 0 aromatic carbocycles. The second-order valence-electron chi connectivity index (χ2n) is 4.71. The first-order chi connectivity index (χ1) is 11.1. The number of carbonyl (C=O) groups excluding carboxylic acids is 2. The number of carbonyl (C=O) groups is 2. The molecule has 1 N–H and O–H groups in total. The number of hydrogen-bond acceptors (Lipinski definition) is 6. The highest BCUT2D eigenvalue weighted by atomic mass is 35.5. The van der Waals surface area contributed by atoms with Crippen molar-refractivity contribution in [2.75, 3.05) is 0 Å². The molecule has 1 aliphatic rings. The highest BCUT2D eigenvalue weighted by Crippen LogP contribution is 2.36. The van der Waals surface area contributed by atoms with E-state index in [2.05, 4.69) is 10.3 Å². The minimum absolute atomic E-state index is 0.308. The summed E-state index contributed by atoms with van der Waals surface area (Å²) < 4.78 is 6.53. The quantitative estimate of drug-likeness (QED) is 0.678. The van der Waals surface area contributed by atoms with Gasteiger partial charge in [0, 0.05) is 28.7 Å². The zero-order valence-electron chi connectivity index (χ0n) is 11.3. The van der Waals surface area contributed by atoms with Crippen molar-refractivity contribution in [2.45, 2.75) is 0 Å². The molecule has 0 unspecified atom stereocenters. The molecule has 114 valence electrons. The van der Waals surface area contributed by atoms with Gasteiger partial charge < -0.3 is 4.42 Å². The van der Waals surface area contributed by atoms with Crippen LogP contribution >= 0.6 is 34.7 Å². The van der Waals surface area contributed by atoms with Crippen LogP contribution in [0, 0.1) is 0 Å². The smallest absolute Gasteiger partial charge is 0.290 e. The van der Waals surface area contributed by atoms with Crippen LogP contribution in [0.2, 0.25) is 4.34 Å². The fraction of sp³-hybridized carbons (Fsp3) is 0. The molecule has 3 aromatic rings. The van der Waals surface area contributed by atoms with E-state index in [0.717, 1.165) is 27.6 Å². The second kappa shape index (κ2) is 5.52. The van der Waals surface area contributed by atoms with E-state index in [1.54, 1.807) is 24.5 Å². The Balaban J connectivity index is 1.81. The SMILES string of the molecule is O=C1NC(=O)/C(=C\c2cc3cncc(-c4ccc(Cl)s4)c3o2)S1. The van der Waals surface area contributed by atoms with Crippen molar-refractivity contribution >= 4 is 62.9 Å². The lowest BCUT2D eigenvalue weighted by molar-refractivity contribution is -0.115. The van der Waals surface area contributed by atoms with Crippen molar-refractivity contribution in [1.82, 2.24) is 10.3 Å². The predicted octanol–water partition coefficient (Wildman–Crippen LogP) is 4.53. The standard InChI is InChI=1S/C15H7ClN2O3S2/c16-12-2-1-10(22-12)9-6-17-5-7-3-8(21-13(7)9)4-11-14(19)18-15(20)23-11/h1-6H,(H,18,19,20)/b11-4+. The minimum atomic E-state index is -0.413. The van der Waals surface area contributed by atoms with Gasteiger partial charge in [-0.05, 0) is 30.0 Å². The molecular formula is C15H7ClN2O3S2. The van der Waals surface area contributed by atoms with Gasteiger partial charge in [0.2, 0.25) is 0 Å². The molecule has 0 radical (unpaired) electrons. The maximum absolute atomic E-state index is 11.6. The Hall–Kier alpha value is -2.09. The summed E-state index contributed by atoms with van der Waals surface area (Å²) in [4.78, 5) is 28.3. The molecule has 1 saturated heterocycles. The summed E-state index contributed by atoms with van der Waals surface area (Å²) in [6.45, 7) is 0. The van der Waals surface area contributed by atoms with Gasteiger partial charge in [0.15, 0.2) is 0 Å². The Morgan fingerprint density at radius 3 is 2.83 bits per heavy atom. The molecule has 8 heteroatoms. The predicted molar refractivity (Wildman–Crippen MR) is 91.4 cm³/mol. The van der Waals surface area contributed by atoms with Crippen LogP contribution in [0.3, 0.4) is 0 Å². The Bertz CT molecular complexity index is 990. The van der Waals surface area contributed by atoms with Crippen LogP contribution < -0.4 is 5.32 Å². The van der Waals surface area contributed by atoms with Gasteiger partial charge >= 0.3 is 0 Å². The number of nitrogens with zero attached hydrogens (tertiary/aromatic N) is 1. The molecule has 1 aliphatic heterocycles. The van der Waals surface area contributed by atoms with Crippen molar-refractivity contribution in [3.05, 3.63) is 45.6 Å². The van der Waals surface area contributed by atoms with Gasteiger partial charge in [-0.2, -0.15) is 0 Å². The highest BCUT2D eigenvalue weighted by molar-refractivity contribution is 8.18. The van der Waals surface area contributed by atoms with Crippen LogP contribution in [0.1, 0.15) is 5.76 Å². The summed E-state index contributed by atoms with van der Waals surface area (Å²) in [6.07, 6.45) is 4.95. The van der Waals surface area contributed by atoms with Gasteiger partial charge in [-0.1, -0.05) is 11.6 Å². The molecule has 0 aliphatic carbocycles. The fourth-order valence-electron chi connectivity index (χ4n) is 2.24. The molecule has 4 rings (SSSR count). The molecule has 0 saturated carbocycles. The Kier molecular flexibility index (Phi) is 3.48. The third-order valence-corrected chi connectivity index (χ3v) is 5.27. The molecule has 23 heavy (non-hydrogen) atoms. The van der Waals surface area contributed by atoms with E-state index < -0.39 is 5.91 Å². The lowest BCUT2D eigenvalue weighted by Crippen LogP contribution is -2.17. The number of imide groups is 1. The third kappa shape index (κ3) is 2.67. The molecule has 1 fully saturated rings.